The summed E-state index contributed by atoms with van der Waals surface area (Å²) in [7, 11) is 0. The van der Waals surface area contributed by atoms with E-state index in [0.717, 1.165) is 0 Å². The van der Waals surface area contributed by atoms with Gasteiger partial charge in [-0.3, -0.25) is 14.9 Å². The van der Waals surface area contributed by atoms with Crippen LogP contribution in [0.5, 0.6) is 0 Å². The molecule has 0 aromatic heterocycles. The zero-order valence-corrected chi connectivity index (χ0v) is 11.5. The minimum Gasteiger partial charge on any atom is -0.481 e. The van der Waals surface area contributed by atoms with E-state index in [2.05, 4.69) is 10.6 Å². The van der Waals surface area contributed by atoms with Gasteiger partial charge in [0.05, 0.1) is 11.3 Å². The Morgan fingerprint density at radius 2 is 1.95 bits per heavy atom. The molecule has 0 radical (unpaired) electrons. The monoisotopic (exact) mass is 295 g/mol. The number of nitrogens with one attached hydrogen (secondary N) is 2. The van der Waals surface area contributed by atoms with Crippen LogP contribution in [-0.4, -0.2) is 28.1 Å². The molecular formula is C13H17N3O5. The van der Waals surface area contributed by atoms with E-state index in [1.807, 2.05) is 0 Å². The third kappa shape index (κ3) is 5.89. The maximum absolute atomic E-state index is 11.6. The molecule has 0 saturated heterocycles. The molecule has 0 saturated carbocycles. The van der Waals surface area contributed by atoms with Crippen LogP contribution in [0.2, 0.25) is 0 Å². The van der Waals surface area contributed by atoms with E-state index >= 15 is 0 Å². The molecule has 21 heavy (non-hydrogen) atoms. The molecule has 114 valence electrons. The average Bonchev–Trinajstić information content (AvgIpc) is 2.44. The summed E-state index contributed by atoms with van der Waals surface area (Å²) in [5.74, 6) is -0.975. The number of carbonyl (C=O) groups excluding carboxylic acids is 1. The first-order valence-electron chi connectivity index (χ1n) is 6.41. The Labute approximate surface area is 121 Å². The highest BCUT2D eigenvalue weighted by Gasteiger charge is 2.13. The summed E-state index contributed by atoms with van der Waals surface area (Å²) in [6.07, 6.45) is 0.374. The van der Waals surface area contributed by atoms with Crippen LogP contribution in [0, 0.1) is 10.1 Å². The molecule has 0 fully saturated rings. The maximum Gasteiger partial charge on any atom is 0.315 e. The molecule has 1 unspecified atom stereocenters. The molecule has 3 N–H and O–H groups in total. The van der Waals surface area contributed by atoms with Crippen LogP contribution in [0.15, 0.2) is 24.3 Å². The van der Waals surface area contributed by atoms with Gasteiger partial charge in [-0.15, -0.1) is 0 Å². The lowest BCUT2D eigenvalue weighted by molar-refractivity contribution is -0.384. The topological polar surface area (TPSA) is 122 Å². The zero-order valence-electron chi connectivity index (χ0n) is 11.5. The lowest BCUT2D eigenvalue weighted by Gasteiger charge is -2.15. The summed E-state index contributed by atoms with van der Waals surface area (Å²) in [5.41, 5.74) is 0.692. The van der Waals surface area contributed by atoms with E-state index in [-0.39, 0.29) is 18.7 Å². The first-order chi connectivity index (χ1) is 9.92. The highest BCUT2D eigenvalue weighted by Crippen LogP contribution is 2.11. The van der Waals surface area contributed by atoms with Crippen LogP contribution in [0.3, 0.4) is 0 Å². The number of carbonyl (C=O) groups is 2. The zero-order chi connectivity index (χ0) is 15.8. The van der Waals surface area contributed by atoms with Crippen molar-refractivity contribution in [1.82, 2.24) is 10.6 Å². The van der Waals surface area contributed by atoms with E-state index in [9.17, 15) is 19.7 Å². The fraction of sp³-hybridized carbons (Fsp3) is 0.385. The highest BCUT2D eigenvalue weighted by molar-refractivity contribution is 5.75. The fourth-order valence-corrected chi connectivity index (χ4v) is 1.66. The Morgan fingerprint density at radius 1 is 1.33 bits per heavy atom. The second-order valence-electron chi connectivity index (χ2n) is 4.45. The number of rotatable bonds is 7. The molecule has 2 amide bonds. The molecule has 8 heteroatoms. The summed E-state index contributed by atoms with van der Waals surface area (Å²) < 4.78 is 0. The lowest BCUT2D eigenvalue weighted by atomic mass is 10.1. The van der Waals surface area contributed by atoms with Gasteiger partial charge < -0.3 is 15.7 Å². The number of aliphatic carboxylic acids is 1. The van der Waals surface area contributed by atoms with Gasteiger partial charge in [0, 0.05) is 24.7 Å². The normalized spacial score (nSPS) is 11.5. The minimum absolute atomic E-state index is 0.0179. The predicted octanol–water partition coefficient (Wildman–Crippen LogP) is 1.65. The van der Waals surface area contributed by atoms with Crippen molar-refractivity contribution in [2.45, 2.75) is 32.4 Å². The van der Waals surface area contributed by atoms with Gasteiger partial charge in [-0.05, 0) is 12.0 Å². The van der Waals surface area contributed by atoms with E-state index in [1.165, 1.54) is 12.1 Å². The first kappa shape index (κ1) is 16.4. The van der Waals surface area contributed by atoms with Gasteiger partial charge >= 0.3 is 12.0 Å². The minimum atomic E-state index is -0.975. The number of urea groups is 1. The van der Waals surface area contributed by atoms with E-state index in [4.69, 9.17) is 5.11 Å². The van der Waals surface area contributed by atoms with Crippen molar-refractivity contribution in [3.63, 3.8) is 0 Å². The van der Waals surface area contributed by atoms with E-state index < -0.39 is 23.0 Å². The van der Waals surface area contributed by atoms with Crippen LogP contribution in [0.4, 0.5) is 10.5 Å². The Morgan fingerprint density at radius 3 is 2.43 bits per heavy atom. The predicted molar refractivity (Wildman–Crippen MR) is 74.8 cm³/mol. The highest BCUT2D eigenvalue weighted by atomic mass is 16.6. The van der Waals surface area contributed by atoms with Crippen molar-refractivity contribution in [2.24, 2.45) is 0 Å². The Hall–Kier alpha value is -2.64. The van der Waals surface area contributed by atoms with Crippen LogP contribution in [0.1, 0.15) is 25.3 Å². The number of hydrogen-bond donors (Lipinski definition) is 3. The lowest BCUT2D eigenvalue weighted by Crippen LogP contribution is -2.42. The second kappa shape index (κ2) is 7.83. The van der Waals surface area contributed by atoms with Crippen molar-refractivity contribution in [2.75, 3.05) is 0 Å². The van der Waals surface area contributed by atoms with Crippen molar-refractivity contribution in [3.8, 4) is 0 Å². The summed E-state index contributed by atoms with van der Waals surface area (Å²) in [6, 6.07) is 4.91. The summed E-state index contributed by atoms with van der Waals surface area (Å²) in [5, 5.41) is 24.3. The number of non-ortho nitro benzene ring substituents is 1. The summed E-state index contributed by atoms with van der Waals surface area (Å²) >= 11 is 0. The number of nitro benzene ring substituents is 1. The van der Waals surface area contributed by atoms with Crippen molar-refractivity contribution in [3.05, 3.63) is 39.9 Å². The second-order valence-corrected chi connectivity index (χ2v) is 4.45. The van der Waals surface area contributed by atoms with E-state index in [0.29, 0.717) is 12.0 Å². The van der Waals surface area contributed by atoms with Crippen LogP contribution < -0.4 is 10.6 Å². The molecule has 0 aliphatic carbocycles. The Balaban J connectivity index is 2.45. The standard InChI is InChI=1S/C13H17N3O5/c1-2-10(7-12(17)18)15-13(19)14-8-9-3-5-11(6-4-9)16(20)21/h3-6,10H,2,7-8H2,1H3,(H,17,18)(H2,14,15,19). The third-order valence-corrected chi connectivity index (χ3v) is 2.85. The number of nitro groups is 1. The largest absolute Gasteiger partial charge is 0.481 e. The number of benzene rings is 1. The number of hydrogen-bond acceptors (Lipinski definition) is 4. The molecule has 1 aromatic carbocycles. The molecule has 0 aliphatic heterocycles. The fourth-order valence-electron chi connectivity index (χ4n) is 1.66. The number of carboxylic acids is 1. The average molecular weight is 295 g/mol. The van der Waals surface area contributed by atoms with Crippen molar-refractivity contribution in [1.29, 1.82) is 0 Å². The quantitative estimate of drug-likeness (QED) is 0.521. The van der Waals surface area contributed by atoms with Gasteiger partial charge in [-0.25, -0.2) is 4.79 Å². The molecular weight excluding hydrogens is 278 g/mol. The molecule has 8 nitrogen and oxygen atoms in total. The smallest absolute Gasteiger partial charge is 0.315 e. The van der Waals surface area contributed by atoms with Crippen molar-refractivity contribution >= 4 is 17.7 Å². The molecule has 0 heterocycles. The molecule has 0 bridgehead atoms. The molecule has 0 spiro atoms. The van der Waals surface area contributed by atoms with Crippen molar-refractivity contribution < 1.29 is 19.6 Å². The van der Waals surface area contributed by atoms with Gasteiger partial charge in [-0.2, -0.15) is 0 Å². The van der Waals surface area contributed by atoms with Gasteiger partial charge in [0.25, 0.3) is 5.69 Å². The van der Waals surface area contributed by atoms with Gasteiger partial charge in [-0.1, -0.05) is 19.1 Å². The maximum atomic E-state index is 11.6. The summed E-state index contributed by atoms with van der Waals surface area (Å²) in [4.78, 5) is 32.2. The van der Waals surface area contributed by atoms with Crippen LogP contribution >= 0.6 is 0 Å². The molecule has 0 aliphatic rings. The molecule has 1 aromatic rings. The van der Waals surface area contributed by atoms with Gasteiger partial charge in [0.1, 0.15) is 0 Å². The number of nitrogens with zero attached hydrogens (tertiary/aromatic N) is 1. The molecule has 1 rings (SSSR count). The van der Waals surface area contributed by atoms with Crippen LogP contribution in [0.25, 0.3) is 0 Å². The molecule has 1 atom stereocenters. The number of amides is 2. The number of carboxylic acid groups (broad SMARTS) is 1. The first-order valence-corrected chi connectivity index (χ1v) is 6.41. The Kier molecular flexibility index (Phi) is 6.12. The van der Waals surface area contributed by atoms with Crippen LogP contribution in [-0.2, 0) is 11.3 Å². The van der Waals surface area contributed by atoms with E-state index in [1.54, 1.807) is 19.1 Å². The SMILES string of the molecule is CCC(CC(=O)O)NC(=O)NCc1ccc([N+](=O)[O-])cc1. The van der Waals surface area contributed by atoms with Gasteiger partial charge in [0.2, 0.25) is 0 Å². The van der Waals surface area contributed by atoms with Gasteiger partial charge in [0.15, 0.2) is 0 Å². The third-order valence-electron chi connectivity index (χ3n) is 2.85. The summed E-state index contributed by atoms with van der Waals surface area (Å²) in [6.45, 7) is 1.98. The Bertz CT molecular complexity index is 515.